The minimum Gasteiger partial charge on any atom is -0.459 e. The van der Waals surface area contributed by atoms with E-state index in [1.165, 1.54) is 6.20 Å². The summed E-state index contributed by atoms with van der Waals surface area (Å²) in [6.07, 6.45) is 3.15. The second-order valence-corrected chi connectivity index (χ2v) is 10.2. The molecule has 0 bridgehead atoms. The van der Waals surface area contributed by atoms with Gasteiger partial charge in [-0.2, -0.15) is 0 Å². The number of fused-ring (bicyclic) bond motifs is 1. The zero-order chi connectivity index (χ0) is 27.6. The summed E-state index contributed by atoms with van der Waals surface area (Å²) in [6, 6.07) is 11.5. The molecule has 4 aromatic rings. The van der Waals surface area contributed by atoms with Crippen molar-refractivity contribution >= 4 is 51.5 Å². The van der Waals surface area contributed by atoms with Crippen molar-refractivity contribution in [3.05, 3.63) is 59.4 Å². The maximum atomic E-state index is 13.0. The molecule has 9 nitrogen and oxygen atoms in total. The fraction of sp³-hybridized carbons (Fsp3) is 0.321. The topological polar surface area (TPSA) is 102 Å². The molecule has 0 saturated heterocycles. The summed E-state index contributed by atoms with van der Waals surface area (Å²) < 4.78 is 7.49. The number of likely N-dealkylation sites (N-methyl/N-ethyl adjacent to an activating group) is 2. The molecule has 0 aliphatic carbocycles. The van der Waals surface area contributed by atoms with E-state index in [1.54, 1.807) is 19.9 Å². The van der Waals surface area contributed by atoms with Gasteiger partial charge in [0.05, 0.1) is 33.9 Å². The van der Waals surface area contributed by atoms with Crippen LogP contribution < -0.4 is 16.0 Å². The number of hydrogen-bond acceptors (Lipinski definition) is 8. The van der Waals surface area contributed by atoms with Gasteiger partial charge in [0.2, 0.25) is 5.95 Å². The number of esters is 1. The lowest BCUT2D eigenvalue weighted by atomic mass is 10.1. The smallest absolute Gasteiger partial charge is 0.342 e. The standard InChI is InChI=1S/C28H34ClN7O2/c1-17(2)38-27(37)19-15-31-28(33-26(19)20-16-36(6)24-10-8-7-9-18(20)24)32-23-14-22(30)25(13-21(23)29)35(5)12-11-34(3)4/h7-10,13-17H,11-12,30H2,1-6H3,(H,31,32,33). The van der Waals surface area contributed by atoms with Gasteiger partial charge >= 0.3 is 5.97 Å². The molecule has 2 aromatic heterocycles. The van der Waals surface area contributed by atoms with Gasteiger partial charge in [-0.25, -0.2) is 14.8 Å². The molecule has 4 rings (SSSR count). The van der Waals surface area contributed by atoms with Crippen LogP contribution in [0.3, 0.4) is 0 Å². The van der Waals surface area contributed by atoms with E-state index < -0.39 is 5.97 Å². The molecule has 0 unspecified atom stereocenters. The van der Waals surface area contributed by atoms with Crippen LogP contribution in [-0.2, 0) is 11.8 Å². The Morgan fingerprint density at radius 2 is 1.92 bits per heavy atom. The first kappa shape index (κ1) is 27.2. The molecule has 0 aliphatic heterocycles. The minimum absolute atomic E-state index is 0.281. The first-order valence-corrected chi connectivity index (χ1v) is 12.8. The average molecular weight is 536 g/mol. The Bertz CT molecular complexity index is 1470. The van der Waals surface area contributed by atoms with Gasteiger partial charge in [0.25, 0.3) is 0 Å². The number of nitrogens with two attached hydrogens (primary N) is 1. The number of nitrogens with one attached hydrogen (secondary N) is 1. The molecule has 38 heavy (non-hydrogen) atoms. The first-order chi connectivity index (χ1) is 18.0. The van der Waals surface area contributed by atoms with E-state index in [4.69, 9.17) is 27.1 Å². The zero-order valence-corrected chi connectivity index (χ0v) is 23.4. The van der Waals surface area contributed by atoms with Gasteiger partial charge in [-0.3, -0.25) is 0 Å². The lowest BCUT2D eigenvalue weighted by molar-refractivity contribution is 0.0378. The SMILES string of the molecule is CC(C)OC(=O)c1cnc(Nc2cc(N)c(N(C)CCN(C)C)cc2Cl)nc1-c1cn(C)c2ccccc12. The monoisotopic (exact) mass is 535 g/mol. The molecule has 200 valence electrons. The van der Waals surface area contributed by atoms with Crippen molar-refractivity contribution in [2.24, 2.45) is 7.05 Å². The Hall–Kier alpha value is -3.82. The Kier molecular flexibility index (Phi) is 8.08. The van der Waals surface area contributed by atoms with Gasteiger partial charge in [0.1, 0.15) is 5.56 Å². The highest BCUT2D eigenvalue weighted by Gasteiger charge is 2.22. The summed E-state index contributed by atoms with van der Waals surface area (Å²) >= 11 is 6.65. The number of benzene rings is 2. The maximum absolute atomic E-state index is 13.0. The van der Waals surface area contributed by atoms with E-state index in [0.717, 1.165) is 35.2 Å². The average Bonchev–Trinajstić information content (AvgIpc) is 3.20. The van der Waals surface area contributed by atoms with Crippen LogP contribution in [-0.4, -0.2) is 65.7 Å². The number of rotatable bonds is 9. The van der Waals surface area contributed by atoms with E-state index >= 15 is 0 Å². The maximum Gasteiger partial charge on any atom is 0.342 e. The summed E-state index contributed by atoms with van der Waals surface area (Å²) in [5.74, 6) is -0.203. The summed E-state index contributed by atoms with van der Waals surface area (Å²) in [6.45, 7) is 5.29. The van der Waals surface area contributed by atoms with Crippen molar-refractivity contribution in [1.29, 1.82) is 0 Å². The number of nitrogens with zero attached hydrogens (tertiary/aromatic N) is 5. The highest BCUT2D eigenvalue weighted by atomic mass is 35.5. The third kappa shape index (κ3) is 5.84. The molecule has 0 atom stereocenters. The van der Waals surface area contributed by atoms with Crippen molar-refractivity contribution < 1.29 is 9.53 Å². The number of ether oxygens (including phenoxy) is 1. The van der Waals surface area contributed by atoms with E-state index in [1.807, 2.05) is 69.3 Å². The number of aromatic nitrogens is 3. The van der Waals surface area contributed by atoms with Crippen LogP contribution in [0.25, 0.3) is 22.2 Å². The van der Waals surface area contributed by atoms with E-state index in [0.29, 0.717) is 22.1 Å². The van der Waals surface area contributed by atoms with E-state index in [9.17, 15) is 4.79 Å². The highest BCUT2D eigenvalue weighted by Crippen LogP contribution is 2.36. The van der Waals surface area contributed by atoms with Crippen LogP contribution in [0, 0.1) is 0 Å². The molecule has 0 amide bonds. The summed E-state index contributed by atoms with van der Waals surface area (Å²) in [5, 5.41) is 4.62. The van der Waals surface area contributed by atoms with Gasteiger partial charge in [-0.15, -0.1) is 0 Å². The Morgan fingerprint density at radius 1 is 1.18 bits per heavy atom. The van der Waals surface area contributed by atoms with Crippen LogP contribution in [0.2, 0.25) is 5.02 Å². The minimum atomic E-state index is -0.484. The van der Waals surface area contributed by atoms with Gasteiger partial charge in [-0.1, -0.05) is 29.8 Å². The third-order valence-corrected chi connectivity index (χ3v) is 6.47. The van der Waals surface area contributed by atoms with Crippen molar-refractivity contribution in [2.75, 3.05) is 50.2 Å². The molecular weight excluding hydrogens is 502 g/mol. The van der Waals surface area contributed by atoms with Crippen LogP contribution in [0.15, 0.2) is 48.8 Å². The fourth-order valence-electron chi connectivity index (χ4n) is 4.20. The lowest BCUT2D eigenvalue weighted by Crippen LogP contribution is -2.29. The lowest BCUT2D eigenvalue weighted by Gasteiger charge is -2.24. The fourth-order valence-corrected chi connectivity index (χ4v) is 4.41. The Balaban J connectivity index is 1.73. The first-order valence-electron chi connectivity index (χ1n) is 12.4. The molecule has 0 saturated carbocycles. The second-order valence-electron chi connectivity index (χ2n) is 9.82. The van der Waals surface area contributed by atoms with Gasteiger partial charge in [0.15, 0.2) is 0 Å². The molecule has 2 aromatic carbocycles. The van der Waals surface area contributed by atoms with Crippen molar-refractivity contribution in [1.82, 2.24) is 19.4 Å². The number of carbonyl (C=O) groups excluding carboxylic acids is 1. The number of halogens is 1. The molecule has 0 spiro atoms. The quantitative estimate of drug-likeness (QED) is 0.223. The zero-order valence-electron chi connectivity index (χ0n) is 22.6. The molecule has 2 heterocycles. The van der Waals surface area contributed by atoms with E-state index in [-0.39, 0.29) is 17.6 Å². The van der Waals surface area contributed by atoms with Crippen LogP contribution in [0.5, 0.6) is 0 Å². The summed E-state index contributed by atoms with van der Waals surface area (Å²) in [7, 11) is 7.99. The van der Waals surface area contributed by atoms with Crippen LogP contribution in [0.1, 0.15) is 24.2 Å². The summed E-state index contributed by atoms with van der Waals surface area (Å²) in [5.41, 5.74) is 10.9. The van der Waals surface area contributed by atoms with Crippen molar-refractivity contribution in [3.8, 4) is 11.3 Å². The largest absolute Gasteiger partial charge is 0.459 e. The number of para-hydroxylation sites is 1. The molecule has 0 aliphatic rings. The molecular formula is C28H34ClN7O2. The number of carbonyl (C=O) groups is 1. The number of nitrogen functional groups attached to an aromatic ring is 1. The Labute approximate surface area is 228 Å². The van der Waals surface area contributed by atoms with Gasteiger partial charge in [-0.05, 0) is 46.1 Å². The molecule has 10 heteroatoms. The number of anilines is 4. The second kappa shape index (κ2) is 11.3. The highest BCUT2D eigenvalue weighted by molar-refractivity contribution is 6.33. The van der Waals surface area contributed by atoms with Gasteiger partial charge < -0.3 is 30.2 Å². The predicted octanol–water partition coefficient (Wildman–Crippen LogP) is 5.18. The third-order valence-electron chi connectivity index (χ3n) is 6.16. The van der Waals surface area contributed by atoms with Crippen LogP contribution >= 0.6 is 11.6 Å². The van der Waals surface area contributed by atoms with Crippen LogP contribution in [0.4, 0.5) is 23.0 Å². The molecule has 3 N–H and O–H groups in total. The predicted molar refractivity (Wildman–Crippen MR) is 155 cm³/mol. The Morgan fingerprint density at radius 3 is 2.63 bits per heavy atom. The normalized spacial score (nSPS) is 11.4. The summed E-state index contributed by atoms with van der Waals surface area (Å²) in [4.78, 5) is 26.3. The molecule has 0 radical (unpaired) electrons. The van der Waals surface area contributed by atoms with E-state index in [2.05, 4.69) is 20.1 Å². The molecule has 0 fully saturated rings. The van der Waals surface area contributed by atoms with Gasteiger partial charge in [0, 0.05) is 56.0 Å². The number of hydrogen-bond donors (Lipinski definition) is 2. The number of aryl methyl sites for hydroxylation is 1. The van der Waals surface area contributed by atoms with Crippen molar-refractivity contribution in [2.45, 2.75) is 20.0 Å². The van der Waals surface area contributed by atoms with Crippen molar-refractivity contribution in [3.63, 3.8) is 0 Å².